The first-order valence-corrected chi connectivity index (χ1v) is 9.72. The van der Waals surface area contributed by atoms with Crippen LogP contribution in [0, 0.1) is 0 Å². The zero-order chi connectivity index (χ0) is 22.5. The normalized spacial score (nSPS) is 13.3. The van der Waals surface area contributed by atoms with Crippen LogP contribution >= 0.6 is 0 Å². The first-order valence-electron chi connectivity index (χ1n) is 9.72. The molecule has 3 aromatic rings. The second-order valence-corrected chi connectivity index (χ2v) is 6.73. The molecule has 0 aliphatic carbocycles. The van der Waals surface area contributed by atoms with Gasteiger partial charge in [0.25, 0.3) is 5.91 Å². The van der Waals surface area contributed by atoms with Crippen molar-refractivity contribution >= 4 is 23.6 Å². The minimum absolute atomic E-state index is 0.150. The summed E-state index contributed by atoms with van der Waals surface area (Å²) < 4.78 is 22.0. The summed E-state index contributed by atoms with van der Waals surface area (Å²) in [4.78, 5) is 28.8. The summed E-state index contributed by atoms with van der Waals surface area (Å²) in [6, 6.07) is 15.3. The number of Topliss-reactive ketones (excluding diaryl/α,β-unsaturated/α-hetero) is 1. The molecule has 4 rings (SSSR count). The number of ketones is 1. The summed E-state index contributed by atoms with van der Waals surface area (Å²) in [5, 5.41) is 2.63. The number of pyridine rings is 1. The number of carbonyl (C=O) groups is 2. The molecule has 1 aliphatic rings. The number of nitrogens with one attached hydrogen (secondary N) is 1. The van der Waals surface area contributed by atoms with Gasteiger partial charge in [0.15, 0.2) is 23.9 Å². The minimum atomic E-state index is -0.355. The standard InChI is InChI=1S/C24H20N2O6/c1-29-18-7-5-6-15(24(18)30-2)12-20-23(28)17-10-9-16(13-19(17)32-20)31-14-22(27)26-21-8-3-4-11-25-21/h3-13H,14H2,1-2H3,(H,25,26,27). The van der Waals surface area contributed by atoms with Gasteiger partial charge in [-0.1, -0.05) is 18.2 Å². The van der Waals surface area contributed by atoms with Gasteiger partial charge < -0.3 is 24.3 Å². The molecule has 0 atom stereocenters. The highest BCUT2D eigenvalue weighted by Gasteiger charge is 2.28. The van der Waals surface area contributed by atoms with E-state index in [0.717, 1.165) is 0 Å². The number of benzene rings is 2. The Kier molecular flexibility index (Phi) is 6.03. The average Bonchev–Trinajstić information content (AvgIpc) is 3.12. The van der Waals surface area contributed by atoms with Gasteiger partial charge in [-0.3, -0.25) is 9.59 Å². The van der Waals surface area contributed by atoms with Crippen LogP contribution in [0.5, 0.6) is 23.0 Å². The van der Waals surface area contributed by atoms with Gasteiger partial charge in [0.05, 0.1) is 19.8 Å². The Labute approximate surface area is 184 Å². The van der Waals surface area contributed by atoms with E-state index in [1.54, 1.807) is 74.0 Å². The van der Waals surface area contributed by atoms with E-state index in [-0.39, 0.29) is 24.1 Å². The lowest BCUT2D eigenvalue weighted by molar-refractivity contribution is -0.118. The number of allylic oxidation sites excluding steroid dienone is 1. The molecule has 0 fully saturated rings. The van der Waals surface area contributed by atoms with Gasteiger partial charge in [0, 0.05) is 17.8 Å². The highest BCUT2D eigenvalue weighted by Crippen LogP contribution is 2.37. The number of carbonyl (C=O) groups excluding carboxylic acids is 2. The van der Waals surface area contributed by atoms with Crippen molar-refractivity contribution in [2.24, 2.45) is 0 Å². The van der Waals surface area contributed by atoms with Crippen LogP contribution in [0.25, 0.3) is 6.08 Å². The van der Waals surface area contributed by atoms with Crippen LogP contribution in [-0.4, -0.2) is 37.5 Å². The molecule has 32 heavy (non-hydrogen) atoms. The number of anilines is 1. The Bertz CT molecular complexity index is 1190. The van der Waals surface area contributed by atoms with E-state index >= 15 is 0 Å². The van der Waals surface area contributed by atoms with E-state index in [0.29, 0.717) is 39.9 Å². The Balaban J connectivity index is 1.47. The monoisotopic (exact) mass is 432 g/mol. The maximum atomic E-state index is 12.8. The first-order chi connectivity index (χ1) is 15.6. The molecule has 0 radical (unpaired) electrons. The van der Waals surface area contributed by atoms with Gasteiger partial charge in [0.2, 0.25) is 5.78 Å². The van der Waals surface area contributed by atoms with Crippen molar-refractivity contribution in [3.63, 3.8) is 0 Å². The molecule has 0 saturated carbocycles. The van der Waals surface area contributed by atoms with Gasteiger partial charge in [-0.15, -0.1) is 0 Å². The Morgan fingerprint density at radius 2 is 1.97 bits per heavy atom. The van der Waals surface area contributed by atoms with Crippen LogP contribution in [0.4, 0.5) is 5.82 Å². The molecule has 1 aromatic heterocycles. The van der Waals surface area contributed by atoms with E-state index in [1.807, 2.05) is 0 Å². The maximum absolute atomic E-state index is 12.8. The second-order valence-electron chi connectivity index (χ2n) is 6.73. The van der Waals surface area contributed by atoms with Crippen molar-refractivity contribution in [3.8, 4) is 23.0 Å². The molecule has 8 nitrogen and oxygen atoms in total. The van der Waals surface area contributed by atoms with Gasteiger partial charge in [-0.05, 0) is 36.4 Å². The molecule has 162 valence electrons. The Morgan fingerprint density at radius 1 is 1.09 bits per heavy atom. The van der Waals surface area contributed by atoms with E-state index < -0.39 is 0 Å². The predicted octanol–water partition coefficient (Wildman–Crippen LogP) is 3.73. The van der Waals surface area contributed by atoms with Gasteiger partial charge >= 0.3 is 0 Å². The number of hydrogen-bond acceptors (Lipinski definition) is 7. The number of para-hydroxylation sites is 1. The average molecular weight is 432 g/mol. The minimum Gasteiger partial charge on any atom is -0.493 e. The van der Waals surface area contributed by atoms with Crippen molar-refractivity contribution in [1.29, 1.82) is 0 Å². The van der Waals surface area contributed by atoms with E-state index in [1.165, 1.54) is 7.11 Å². The summed E-state index contributed by atoms with van der Waals surface area (Å²) >= 11 is 0. The lowest BCUT2D eigenvalue weighted by Crippen LogP contribution is -2.20. The number of aromatic nitrogens is 1. The molecule has 0 unspecified atom stereocenters. The zero-order valence-corrected chi connectivity index (χ0v) is 17.5. The number of rotatable bonds is 7. The molecule has 8 heteroatoms. The molecule has 1 aliphatic heterocycles. The third-order valence-corrected chi connectivity index (χ3v) is 4.66. The highest BCUT2D eigenvalue weighted by atomic mass is 16.5. The molecule has 0 bridgehead atoms. The molecule has 1 N–H and O–H groups in total. The van der Waals surface area contributed by atoms with Gasteiger partial charge in [0.1, 0.15) is 17.3 Å². The van der Waals surface area contributed by atoms with Gasteiger partial charge in [-0.25, -0.2) is 4.98 Å². The molecule has 1 amide bonds. The Hall–Kier alpha value is -4.33. The quantitative estimate of drug-likeness (QED) is 0.568. The fraction of sp³-hybridized carbons (Fsp3) is 0.125. The number of methoxy groups -OCH3 is 2. The fourth-order valence-electron chi connectivity index (χ4n) is 3.19. The number of amides is 1. The highest BCUT2D eigenvalue weighted by molar-refractivity contribution is 6.14. The SMILES string of the molecule is COc1cccc(C=C2Oc3cc(OCC(=O)Nc4ccccn4)ccc3C2=O)c1OC. The fourth-order valence-corrected chi connectivity index (χ4v) is 3.19. The van der Waals surface area contributed by atoms with E-state index in [4.69, 9.17) is 18.9 Å². The molecular formula is C24H20N2O6. The van der Waals surface area contributed by atoms with Crippen LogP contribution in [0.15, 0.2) is 66.6 Å². The number of hydrogen-bond donors (Lipinski definition) is 1. The summed E-state index contributed by atoms with van der Waals surface area (Å²) in [5.74, 6) is 1.76. The summed E-state index contributed by atoms with van der Waals surface area (Å²) in [5.41, 5.74) is 1.05. The van der Waals surface area contributed by atoms with Crippen molar-refractivity contribution in [1.82, 2.24) is 4.98 Å². The largest absolute Gasteiger partial charge is 0.493 e. The lowest BCUT2D eigenvalue weighted by atomic mass is 10.1. The van der Waals surface area contributed by atoms with Crippen molar-refractivity contribution in [2.75, 3.05) is 26.1 Å². The summed E-state index contributed by atoms with van der Waals surface area (Å²) in [6.45, 7) is -0.215. The first kappa shape index (κ1) is 20.9. The van der Waals surface area contributed by atoms with Crippen molar-refractivity contribution < 1.29 is 28.5 Å². The topological polar surface area (TPSA) is 96.0 Å². The maximum Gasteiger partial charge on any atom is 0.263 e. The van der Waals surface area contributed by atoms with E-state index in [9.17, 15) is 9.59 Å². The zero-order valence-electron chi connectivity index (χ0n) is 17.5. The second kappa shape index (κ2) is 9.22. The van der Waals surface area contributed by atoms with Crippen LogP contribution < -0.4 is 24.3 Å². The van der Waals surface area contributed by atoms with Crippen LogP contribution in [-0.2, 0) is 4.79 Å². The van der Waals surface area contributed by atoms with Crippen LogP contribution in [0.1, 0.15) is 15.9 Å². The number of nitrogens with zero attached hydrogens (tertiary/aromatic N) is 1. The third kappa shape index (κ3) is 4.39. The predicted molar refractivity (Wildman–Crippen MR) is 117 cm³/mol. The smallest absolute Gasteiger partial charge is 0.263 e. The number of fused-ring (bicyclic) bond motifs is 1. The lowest BCUT2D eigenvalue weighted by Gasteiger charge is -2.10. The summed E-state index contributed by atoms with van der Waals surface area (Å²) in [7, 11) is 3.07. The molecule has 0 saturated heterocycles. The van der Waals surface area contributed by atoms with Crippen LogP contribution in [0.2, 0.25) is 0 Å². The van der Waals surface area contributed by atoms with Gasteiger partial charge in [-0.2, -0.15) is 0 Å². The Morgan fingerprint density at radius 3 is 2.72 bits per heavy atom. The summed E-state index contributed by atoms with van der Waals surface area (Å²) in [6.07, 6.45) is 3.18. The molecule has 0 spiro atoms. The molecule has 2 heterocycles. The third-order valence-electron chi connectivity index (χ3n) is 4.66. The van der Waals surface area contributed by atoms with E-state index in [2.05, 4.69) is 10.3 Å². The molecular weight excluding hydrogens is 412 g/mol. The van der Waals surface area contributed by atoms with Crippen LogP contribution in [0.3, 0.4) is 0 Å². The van der Waals surface area contributed by atoms with Crippen molar-refractivity contribution in [2.45, 2.75) is 0 Å². The number of ether oxygens (including phenoxy) is 4. The molecule has 2 aromatic carbocycles. The van der Waals surface area contributed by atoms with Crippen molar-refractivity contribution in [3.05, 3.63) is 77.7 Å².